The molecule has 0 spiro atoms. The van der Waals surface area contributed by atoms with Crippen molar-refractivity contribution in [1.82, 2.24) is 9.71 Å². The first-order valence-electron chi connectivity index (χ1n) is 9.36. The summed E-state index contributed by atoms with van der Waals surface area (Å²) < 4.78 is 71.1. The van der Waals surface area contributed by atoms with Gasteiger partial charge in [-0.15, -0.1) is 0 Å². The molecule has 158 valence electrons. The molecule has 9 heteroatoms. The fraction of sp³-hybridized carbons (Fsp3) is 0.450. The van der Waals surface area contributed by atoms with Crippen LogP contribution in [-0.4, -0.2) is 25.5 Å². The number of rotatable bonds is 6. The molecule has 0 atom stereocenters. The Morgan fingerprint density at radius 3 is 2.28 bits per heavy atom. The lowest BCUT2D eigenvalue weighted by atomic mass is 9.94. The van der Waals surface area contributed by atoms with Crippen molar-refractivity contribution in [2.45, 2.75) is 56.7 Å². The molecule has 0 unspecified atom stereocenters. The minimum absolute atomic E-state index is 0.0131. The zero-order valence-corrected chi connectivity index (χ0v) is 16.8. The van der Waals surface area contributed by atoms with Gasteiger partial charge in [-0.25, -0.2) is 18.1 Å². The highest BCUT2D eigenvalue weighted by Gasteiger charge is 2.30. The van der Waals surface area contributed by atoms with E-state index in [1.54, 1.807) is 6.20 Å². The number of aryl methyl sites for hydroxylation is 1. The summed E-state index contributed by atoms with van der Waals surface area (Å²) in [7, 11) is -3.65. The van der Waals surface area contributed by atoms with Crippen LogP contribution < -0.4 is 9.46 Å². The van der Waals surface area contributed by atoms with E-state index >= 15 is 0 Å². The van der Waals surface area contributed by atoms with Crippen molar-refractivity contribution in [1.29, 1.82) is 0 Å². The molecule has 3 rings (SSSR count). The topological polar surface area (TPSA) is 68.3 Å². The maximum Gasteiger partial charge on any atom is 0.416 e. The molecule has 29 heavy (non-hydrogen) atoms. The Hall–Kier alpha value is -2.13. The molecule has 0 bridgehead atoms. The molecule has 1 aliphatic carbocycles. The van der Waals surface area contributed by atoms with E-state index in [2.05, 4.69) is 9.71 Å². The van der Waals surface area contributed by atoms with Gasteiger partial charge in [0, 0.05) is 18.3 Å². The Morgan fingerprint density at radius 1 is 1.07 bits per heavy atom. The first kappa shape index (κ1) is 21.6. The van der Waals surface area contributed by atoms with E-state index in [4.69, 9.17) is 4.74 Å². The minimum atomic E-state index is -4.44. The highest BCUT2D eigenvalue weighted by atomic mass is 32.2. The van der Waals surface area contributed by atoms with Gasteiger partial charge in [0.1, 0.15) is 6.10 Å². The van der Waals surface area contributed by atoms with Crippen LogP contribution in [0.3, 0.4) is 0 Å². The van der Waals surface area contributed by atoms with E-state index in [0.717, 1.165) is 17.7 Å². The number of ether oxygens (including phenoxy) is 1. The van der Waals surface area contributed by atoms with Crippen LogP contribution >= 0.6 is 0 Å². The summed E-state index contributed by atoms with van der Waals surface area (Å²) in [6, 6.07) is 7.71. The minimum Gasteiger partial charge on any atom is -0.474 e. The summed E-state index contributed by atoms with van der Waals surface area (Å²) in [4.78, 5) is 4.21. The summed E-state index contributed by atoms with van der Waals surface area (Å²) in [5.41, 5.74) is 0.560. The van der Waals surface area contributed by atoms with Crippen LogP contribution in [-0.2, 0) is 22.0 Å². The summed E-state index contributed by atoms with van der Waals surface area (Å²) >= 11 is 0. The number of alkyl halides is 3. The fourth-order valence-electron chi connectivity index (χ4n) is 3.30. The third kappa shape index (κ3) is 6.43. The molecule has 0 radical (unpaired) electrons. The van der Waals surface area contributed by atoms with E-state index in [1.165, 1.54) is 12.1 Å². The fourth-order valence-corrected chi connectivity index (χ4v) is 4.76. The predicted octanol–water partition coefficient (Wildman–Crippen LogP) is 4.22. The molecule has 1 aliphatic rings. The Bertz CT molecular complexity index is 905. The van der Waals surface area contributed by atoms with Gasteiger partial charge in [-0.05, 0) is 55.9 Å². The van der Waals surface area contributed by atoms with Crippen molar-refractivity contribution in [3.8, 4) is 5.88 Å². The van der Waals surface area contributed by atoms with Gasteiger partial charge in [-0.3, -0.25) is 0 Å². The second-order valence-corrected chi connectivity index (χ2v) is 9.09. The van der Waals surface area contributed by atoms with Crippen LogP contribution in [0.1, 0.15) is 42.4 Å². The number of hydrogen-bond acceptors (Lipinski definition) is 4. The van der Waals surface area contributed by atoms with Crippen molar-refractivity contribution in [2.75, 3.05) is 0 Å². The largest absolute Gasteiger partial charge is 0.474 e. The first-order valence-corrected chi connectivity index (χ1v) is 11.0. The van der Waals surface area contributed by atoms with Gasteiger partial charge in [0.2, 0.25) is 15.9 Å². The van der Waals surface area contributed by atoms with Crippen LogP contribution in [0.4, 0.5) is 13.2 Å². The SMILES string of the molecule is Cc1ccc(OC2CCC(NS(=O)(=O)Cc3ccc(C(F)(F)F)cc3)CC2)nc1. The van der Waals surface area contributed by atoms with Crippen molar-refractivity contribution >= 4 is 10.0 Å². The zero-order valence-electron chi connectivity index (χ0n) is 15.9. The Kier molecular flexibility index (Phi) is 6.48. The Labute approximate surface area is 168 Å². The predicted molar refractivity (Wildman–Crippen MR) is 103 cm³/mol. The number of aromatic nitrogens is 1. The summed E-state index contributed by atoms with van der Waals surface area (Å²) in [6.45, 7) is 1.94. The number of pyridine rings is 1. The number of nitrogens with one attached hydrogen (secondary N) is 1. The highest BCUT2D eigenvalue weighted by molar-refractivity contribution is 7.88. The summed E-state index contributed by atoms with van der Waals surface area (Å²) in [5, 5.41) is 0. The second kappa shape index (κ2) is 8.71. The van der Waals surface area contributed by atoms with Gasteiger partial charge < -0.3 is 4.74 Å². The Balaban J connectivity index is 1.49. The quantitative estimate of drug-likeness (QED) is 0.748. The van der Waals surface area contributed by atoms with E-state index in [0.29, 0.717) is 37.1 Å². The molecule has 1 aromatic carbocycles. The van der Waals surface area contributed by atoms with Gasteiger partial charge in [0.25, 0.3) is 0 Å². The first-order chi connectivity index (χ1) is 13.6. The average molecular weight is 428 g/mol. The third-order valence-corrected chi connectivity index (χ3v) is 6.24. The molecule has 1 N–H and O–H groups in total. The number of sulfonamides is 1. The lowest BCUT2D eigenvalue weighted by Gasteiger charge is -2.29. The second-order valence-electron chi connectivity index (χ2n) is 7.34. The molecule has 0 aliphatic heterocycles. The van der Waals surface area contributed by atoms with E-state index in [-0.39, 0.29) is 17.9 Å². The van der Waals surface area contributed by atoms with Crippen molar-refractivity contribution < 1.29 is 26.3 Å². The van der Waals surface area contributed by atoms with Crippen LogP contribution in [0.25, 0.3) is 0 Å². The monoisotopic (exact) mass is 428 g/mol. The smallest absolute Gasteiger partial charge is 0.416 e. The molecule has 1 saturated carbocycles. The van der Waals surface area contributed by atoms with Crippen molar-refractivity contribution in [3.05, 3.63) is 59.3 Å². The summed E-state index contributed by atoms with van der Waals surface area (Å²) in [6.07, 6.45) is -0.0702. The van der Waals surface area contributed by atoms with Crippen molar-refractivity contribution in [2.24, 2.45) is 0 Å². The van der Waals surface area contributed by atoms with Crippen LogP contribution in [0, 0.1) is 6.92 Å². The maximum atomic E-state index is 12.6. The van der Waals surface area contributed by atoms with Crippen molar-refractivity contribution in [3.63, 3.8) is 0 Å². The van der Waals surface area contributed by atoms with E-state index < -0.39 is 21.8 Å². The summed E-state index contributed by atoms with van der Waals surface area (Å²) in [5.74, 6) is 0.205. The highest BCUT2D eigenvalue weighted by Crippen LogP contribution is 2.29. The van der Waals surface area contributed by atoms with Crippen LogP contribution in [0.5, 0.6) is 5.88 Å². The average Bonchev–Trinajstić information content (AvgIpc) is 2.64. The zero-order chi connectivity index (χ0) is 21.1. The molecular weight excluding hydrogens is 405 g/mol. The van der Waals surface area contributed by atoms with E-state index in [9.17, 15) is 21.6 Å². The van der Waals surface area contributed by atoms with Crippen LogP contribution in [0.2, 0.25) is 0 Å². The lowest BCUT2D eigenvalue weighted by molar-refractivity contribution is -0.137. The lowest BCUT2D eigenvalue weighted by Crippen LogP contribution is -2.40. The number of benzene rings is 1. The standard InChI is InChI=1S/C20H23F3N2O3S/c1-14-2-11-19(24-12-14)28-18-9-7-17(8-10-18)25-29(26,27)13-15-3-5-16(6-4-15)20(21,22)23/h2-6,11-12,17-18,25H,7-10,13H2,1H3. The molecular formula is C20H23F3N2O3S. The van der Waals surface area contributed by atoms with Gasteiger partial charge in [-0.2, -0.15) is 13.2 Å². The van der Waals surface area contributed by atoms with Gasteiger partial charge in [0.15, 0.2) is 0 Å². The van der Waals surface area contributed by atoms with Gasteiger partial charge >= 0.3 is 6.18 Å². The number of nitrogens with zero attached hydrogens (tertiary/aromatic N) is 1. The third-order valence-electron chi connectivity index (χ3n) is 4.83. The molecule has 1 aromatic heterocycles. The normalized spacial score (nSPS) is 20.4. The maximum absolute atomic E-state index is 12.6. The molecule has 1 heterocycles. The molecule has 2 aromatic rings. The molecule has 1 fully saturated rings. The molecule has 5 nitrogen and oxygen atoms in total. The number of hydrogen-bond donors (Lipinski definition) is 1. The number of halogens is 3. The van der Waals surface area contributed by atoms with Gasteiger partial charge in [0.05, 0.1) is 11.3 Å². The van der Waals surface area contributed by atoms with Gasteiger partial charge in [-0.1, -0.05) is 18.2 Å². The van der Waals surface area contributed by atoms with Crippen LogP contribution in [0.15, 0.2) is 42.6 Å². The van der Waals surface area contributed by atoms with E-state index in [1.807, 2.05) is 19.1 Å². The molecule has 0 saturated heterocycles. The molecule has 0 amide bonds. The Morgan fingerprint density at radius 2 is 1.72 bits per heavy atom.